The van der Waals surface area contributed by atoms with Crippen LogP contribution in [0.15, 0.2) is 0 Å². The summed E-state index contributed by atoms with van der Waals surface area (Å²) in [4.78, 5) is 39.5. The Labute approximate surface area is 276 Å². The molecule has 0 bridgehead atoms. The maximum absolute atomic E-state index is 10.1. The Morgan fingerprint density at radius 3 is 1.17 bits per heavy atom. The molecule has 0 heterocycles. The van der Waals surface area contributed by atoms with Crippen molar-refractivity contribution in [2.75, 3.05) is 23.0 Å². The van der Waals surface area contributed by atoms with Crippen molar-refractivity contribution in [2.24, 2.45) is 22.9 Å². The van der Waals surface area contributed by atoms with Crippen molar-refractivity contribution in [1.82, 2.24) is 0 Å². The molecule has 0 amide bonds. The number of aldehydes is 4. The summed E-state index contributed by atoms with van der Waals surface area (Å²) in [7, 11) is -4.38. The zero-order valence-electron chi connectivity index (χ0n) is 18.3. The Kier molecular flexibility index (Phi) is 66.0. The van der Waals surface area contributed by atoms with Crippen molar-refractivity contribution < 1.29 is 104 Å². The van der Waals surface area contributed by atoms with Gasteiger partial charge in [-0.1, -0.05) is 36.4 Å². The summed E-state index contributed by atoms with van der Waals surface area (Å²) in [5.74, 6) is 1.25. The summed E-state index contributed by atoms with van der Waals surface area (Å²) >= 11 is 4.42. The maximum Gasteiger partial charge on any atom is 1.00 e. The first-order chi connectivity index (χ1) is 14.7. The van der Waals surface area contributed by atoms with Gasteiger partial charge in [-0.15, -0.1) is 0 Å². The van der Waals surface area contributed by atoms with Gasteiger partial charge in [0.1, 0.15) is 34.3 Å². The van der Waals surface area contributed by atoms with Gasteiger partial charge in [0.2, 0.25) is 0 Å². The molecule has 4 atom stereocenters. The predicted octanol–water partition coefficient (Wildman–Crippen LogP) is -8.11. The van der Waals surface area contributed by atoms with Crippen molar-refractivity contribution in [3.63, 3.8) is 0 Å². The van der Waals surface area contributed by atoms with Crippen molar-refractivity contribution in [3.8, 4) is 0 Å². The molecule has 0 rings (SSSR count). The molecule has 36 heavy (non-hydrogen) atoms. The molecule has 0 spiro atoms. The fourth-order valence-corrected chi connectivity index (χ4v) is 4.21. The molecular weight excluding hydrogens is 623 g/mol. The van der Waals surface area contributed by atoms with E-state index >= 15 is 0 Å². The summed E-state index contributed by atoms with van der Waals surface area (Å²) in [5.41, 5.74) is 20.6. The minimum absolute atomic E-state index is 0. The molecule has 0 saturated carbocycles. The first-order valence-corrected chi connectivity index (χ1v) is 14.7. The first-order valence-electron chi connectivity index (χ1n) is 7.73. The van der Waals surface area contributed by atoms with Gasteiger partial charge in [0.15, 0.2) is 0 Å². The summed E-state index contributed by atoms with van der Waals surface area (Å²) in [5, 5.41) is 0. The summed E-state index contributed by atoms with van der Waals surface area (Å²) < 4.78 is 55.0. The molecule has 0 aromatic rings. The second-order valence-electron chi connectivity index (χ2n) is 4.83. The molecule has 0 aliphatic heterocycles. The number of nitrogens with two attached hydrogens (primary N) is 4. The zero-order chi connectivity index (χ0) is 26.2. The molecule has 0 aliphatic rings. The van der Waals surface area contributed by atoms with Crippen LogP contribution in [-0.2, 0) is 60.4 Å². The van der Waals surface area contributed by atoms with E-state index in [0.29, 0.717) is 42.4 Å². The van der Waals surface area contributed by atoms with Crippen molar-refractivity contribution in [1.29, 1.82) is 0 Å². The SMILES string of the molecule is C.C.NC(C=O)CSS(=O)(=O)[O-].NC(C=O)CSSCC(N)C=O.NC(C=O)C[S-].O=[S-](=O)[O-].[Na+].[Na+]. The van der Waals surface area contributed by atoms with Gasteiger partial charge in [-0.3, -0.25) is 0 Å². The summed E-state index contributed by atoms with van der Waals surface area (Å²) in [6.45, 7) is 0. The van der Waals surface area contributed by atoms with Gasteiger partial charge in [0.05, 0.1) is 18.1 Å². The summed E-state index contributed by atoms with van der Waals surface area (Å²) in [6, 6.07) is -2.15. The molecule has 0 aromatic heterocycles. The second-order valence-corrected chi connectivity index (χ2v) is 11.4. The van der Waals surface area contributed by atoms with Crippen LogP contribution in [0.2, 0.25) is 0 Å². The van der Waals surface area contributed by atoms with Crippen molar-refractivity contribution >= 4 is 90.3 Å². The van der Waals surface area contributed by atoms with E-state index in [1.165, 1.54) is 21.6 Å². The van der Waals surface area contributed by atoms with Gasteiger partial charge in [-0.2, -0.15) is 16.7 Å². The van der Waals surface area contributed by atoms with Crippen LogP contribution >= 0.6 is 32.4 Å². The van der Waals surface area contributed by atoms with E-state index in [-0.39, 0.29) is 90.5 Å². The summed E-state index contributed by atoms with van der Waals surface area (Å²) in [6.07, 6.45) is 2.44. The van der Waals surface area contributed by atoms with Gasteiger partial charge < -0.3 is 72.3 Å². The van der Waals surface area contributed by atoms with Crippen LogP contribution < -0.4 is 82.0 Å². The van der Waals surface area contributed by atoms with Gasteiger partial charge >= 0.3 is 59.1 Å². The first kappa shape index (κ1) is 57.6. The minimum Gasteiger partial charge on any atom is -0.917 e. The second kappa shape index (κ2) is 41.2. The van der Waals surface area contributed by atoms with Crippen LogP contribution in [0.5, 0.6) is 0 Å². The van der Waals surface area contributed by atoms with Crippen LogP contribution in [0.3, 0.4) is 0 Å². The standard InChI is InChI=1S/C6H12N2O2S2.C3H7NO4S2.C3H7NOS.2CH4.2Na.O3S/c7-5(1-9)3-11-12-4-6(8)2-10;4-3(1-5)2-9-10(6,7)8;4-3(1-5)2-6;;;;;1-4(2)3/h1-2,5-6H,3-4,7-8H2;1,3H,2,4H2,(H,6,7,8);1,3,6H,2,4H2;2*1H4;;;/q;;;;;2*+1;-2/p-2. The van der Waals surface area contributed by atoms with Crippen LogP contribution in [-0.4, -0.2) is 89.8 Å². The largest absolute Gasteiger partial charge is 1.00 e. The van der Waals surface area contributed by atoms with Crippen LogP contribution in [0.4, 0.5) is 0 Å². The molecule has 208 valence electrons. The molecular formula is C14H32N4Na2O10S6-2. The Bertz CT molecular complexity index is 657. The Hall–Kier alpha value is 1.74. The number of rotatable bonds is 13. The topological polar surface area (TPSA) is 287 Å². The molecule has 22 heteroatoms. The fourth-order valence-electron chi connectivity index (χ4n) is 0.572. The molecule has 4 unspecified atom stereocenters. The number of hydrogen-bond donors (Lipinski definition) is 4. The van der Waals surface area contributed by atoms with Gasteiger partial charge in [0, 0.05) is 23.3 Å². The molecule has 0 aliphatic carbocycles. The Morgan fingerprint density at radius 2 is 1.00 bits per heavy atom. The van der Waals surface area contributed by atoms with E-state index in [4.69, 9.17) is 35.9 Å². The van der Waals surface area contributed by atoms with E-state index in [1.807, 2.05) is 0 Å². The normalized spacial score (nSPS) is 12.3. The number of hydrogen-bond acceptors (Lipinski definition) is 19. The number of carbonyl (C=O) groups is 4. The van der Waals surface area contributed by atoms with Crippen LogP contribution in [0, 0.1) is 0 Å². The van der Waals surface area contributed by atoms with Crippen LogP contribution in [0.1, 0.15) is 14.9 Å². The van der Waals surface area contributed by atoms with Crippen LogP contribution in [0.25, 0.3) is 0 Å². The van der Waals surface area contributed by atoms with E-state index in [1.54, 1.807) is 0 Å². The monoisotopic (exact) mass is 654 g/mol. The molecule has 0 aromatic carbocycles. The number of carbonyl (C=O) groups excluding carboxylic acids is 4. The molecule has 14 nitrogen and oxygen atoms in total. The van der Waals surface area contributed by atoms with Gasteiger partial charge in [0.25, 0.3) is 0 Å². The zero-order valence-corrected chi connectivity index (χ0v) is 27.2. The van der Waals surface area contributed by atoms with E-state index < -0.39 is 44.3 Å². The van der Waals surface area contributed by atoms with Crippen molar-refractivity contribution in [3.05, 3.63) is 0 Å². The molecule has 0 saturated heterocycles. The van der Waals surface area contributed by atoms with E-state index in [0.717, 1.165) is 0 Å². The fraction of sp³-hybridized carbons (Fsp3) is 0.714. The quantitative estimate of drug-likeness (QED) is 0.0273. The van der Waals surface area contributed by atoms with Crippen molar-refractivity contribution in [2.45, 2.75) is 39.0 Å². The average molecular weight is 655 g/mol. The minimum atomic E-state index is -4.30. The molecule has 8 N–H and O–H groups in total. The Morgan fingerprint density at radius 1 is 0.750 bits per heavy atom. The molecule has 0 fully saturated rings. The van der Waals surface area contributed by atoms with Gasteiger partial charge in [-0.05, 0) is 10.8 Å². The third-order valence-corrected chi connectivity index (χ3v) is 6.89. The third-order valence-electron chi connectivity index (χ3n) is 1.90. The third kappa shape index (κ3) is 70.5. The smallest absolute Gasteiger partial charge is 0.917 e. The maximum atomic E-state index is 10.1. The average Bonchev–Trinajstić information content (AvgIpc) is 2.73. The predicted molar refractivity (Wildman–Crippen MR) is 138 cm³/mol. The molecule has 0 radical (unpaired) electrons. The Balaban J connectivity index is -0.0000000497. The van der Waals surface area contributed by atoms with E-state index in [2.05, 4.69) is 12.6 Å². The van der Waals surface area contributed by atoms with E-state index in [9.17, 15) is 32.1 Å². The van der Waals surface area contributed by atoms with Gasteiger partial charge in [-0.25, -0.2) is 8.42 Å².